The zero-order valence-corrected chi connectivity index (χ0v) is 14.9. The second-order valence-corrected chi connectivity index (χ2v) is 9.62. The van der Waals surface area contributed by atoms with Gasteiger partial charge in [0, 0.05) is 6.42 Å². The SMILES string of the molecule is CCC(C)(C)C(C)(C)C(=O)OC12CC3CC(CC(O)(C3)C1)C2. The van der Waals surface area contributed by atoms with Gasteiger partial charge < -0.3 is 9.84 Å². The molecule has 0 heterocycles. The summed E-state index contributed by atoms with van der Waals surface area (Å²) < 4.78 is 6.17. The van der Waals surface area contributed by atoms with E-state index in [9.17, 15) is 9.90 Å². The summed E-state index contributed by atoms with van der Waals surface area (Å²) in [5.74, 6) is 1.01. The number of aliphatic hydroxyl groups is 1. The van der Waals surface area contributed by atoms with Crippen molar-refractivity contribution in [3.05, 3.63) is 0 Å². The third-order valence-corrected chi connectivity index (χ3v) is 7.37. The fraction of sp³-hybridized carbons (Fsp3) is 0.947. The van der Waals surface area contributed by atoms with Crippen LogP contribution in [0.1, 0.15) is 79.6 Å². The fourth-order valence-electron chi connectivity index (χ4n) is 5.29. The third kappa shape index (κ3) is 2.40. The quantitative estimate of drug-likeness (QED) is 0.796. The van der Waals surface area contributed by atoms with Crippen molar-refractivity contribution in [2.75, 3.05) is 0 Å². The van der Waals surface area contributed by atoms with Crippen LogP contribution in [-0.2, 0) is 9.53 Å². The summed E-state index contributed by atoms with van der Waals surface area (Å²) in [7, 11) is 0. The van der Waals surface area contributed by atoms with E-state index in [4.69, 9.17) is 4.74 Å². The Balaban J connectivity index is 1.80. The normalized spacial score (nSPS) is 40.8. The molecule has 4 saturated carbocycles. The summed E-state index contributed by atoms with van der Waals surface area (Å²) in [5.41, 5.74) is -1.57. The van der Waals surface area contributed by atoms with Gasteiger partial charge in [0.25, 0.3) is 0 Å². The molecule has 4 aliphatic carbocycles. The van der Waals surface area contributed by atoms with Gasteiger partial charge in [0.2, 0.25) is 0 Å². The topological polar surface area (TPSA) is 46.5 Å². The molecule has 0 saturated heterocycles. The van der Waals surface area contributed by atoms with E-state index in [0.29, 0.717) is 18.3 Å². The van der Waals surface area contributed by atoms with Gasteiger partial charge in [-0.25, -0.2) is 0 Å². The summed E-state index contributed by atoms with van der Waals surface area (Å²) >= 11 is 0. The molecule has 0 amide bonds. The molecular formula is C19H32O3. The van der Waals surface area contributed by atoms with Crippen molar-refractivity contribution in [3.8, 4) is 0 Å². The average molecular weight is 308 g/mol. The third-order valence-electron chi connectivity index (χ3n) is 7.37. The van der Waals surface area contributed by atoms with Gasteiger partial charge >= 0.3 is 5.97 Å². The molecule has 22 heavy (non-hydrogen) atoms. The predicted molar refractivity (Wildman–Crippen MR) is 86.3 cm³/mol. The van der Waals surface area contributed by atoms with E-state index >= 15 is 0 Å². The molecule has 0 aromatic rings. The maximum Gasteiger partial charge on any atom is 0.312 e. The first-order chi connectivity index (χ1) is 10.0. The molecule has 4 bridgehead atoms. The summed E-state index contributed by atoms with van der Waals surface area (Å²) in [5, 5.41) is 10.8. The van der Waals surface area contributed by atoms with Crippen molar-refractivity contribution in [3.63, 3.8) is 0 Å². The van der Waals surface area contributed by atoms with E-state index in [-0.39, 0.29) is 11.4 Å². The van der Waals surface area contributed by atoms with Crippen molar-refractivity contribution in [2.45, 2.75) is 90.8 Å². The van der Waals surface area contributed by atoms with Crippen molar-refractivity contribution in [1.82, 2.24) is 0 Å². The molecule has 2 unspecified atom stereocenters. The van der Waals surface area contributed by atoms with Crippen LogP contribution in [0.3, 0.4) is 0 Å². The van der Waals surface area contributed by atoms with E-state index in [1.807, 2.05) is 13.8 Å². The van der Waals surface area contributed by atoms with Gasteiger partial charge in [-0.05, 0) is 69.6 Å². The molecule has 2 atom stereocenters. The Morgan fingerprint density at radius 1 is 1.14 bits per heavy atom. The van der Waals surface area contributed by atoms with Crippen molar-refractivity contribution >= 4 is 5.97 Å². The lowest BCUT2D eigenvalue weighted by Crippen LogP contribution is -2.61. The lowest BCUT2D eigenvalue weighted by Gasteiger charge is -2.59. The van der Waals surface area contributed by atoms with E-state index in [1.165, 1.54) is 6.42 Å². The number of esters is 1. The largest absolute Gasteiger partial charge is 0.459 e. The summed E-state index contributed by atoms with van der Waals surface area (Å²) in [6, 6.07) is 0. The Bertz CT molecular complexity index is 463. The van der Waals surface area contributed by atoms with Crippen LogP contribution >= 0.6 is 0 Å². The number of rotatable bonds is 4. The van der Waals surface area contributed by atoms with Gasteiger partial charge in [-0.15, -0.1) is 0 Å². The lowest BCUT2D eigenvalue weighted by atomic mass is 9.52. The molecule has 0 spiro atoms. The minimum absolute atomic E-state index is 0.0788. The first-order valence-corrected chi connectivity index (χ1v) is 8.97. The Morgan fingerprint density at radius 3 is 2.14 bits per heavy atom. The Kier molecular flexibility index (Phi) is 3.49. The smallest absolute Gasteiger partial charge is 0.312 e. The summed E-state index contributed by atoms with van der Waals surface area (Å²) in [6.45, 7) is 10.4. The number of carbonyl (C=O) groups is 1. The lowest BCUT2D eigenvalue weighted by molar-refractivity contribution is -0.228. The van der Waals surface area contributed by atoms with Crippen LogP contribution in [0.4, 0.5) is 0 Å². The highest BCUT2D eigenvalue weighted by atomic mass is 16.6. The zero-order chi connectivity index (χ0) is 16.4. The van der Waals surface area contributed by atoms with Crippen LogP contribution < -0.4 is 0 Å². The molecule has 4 fully saturated rings. The van der Waals surface area contributed by atoms with E-state index < -0.39 is 16.6 Å². The first-order valence-electron chi connectivity index (χ1n) is 8.97. The number of hydrogen-bond acceptors (Lipinski definition) is 3. The van der Waals surface area contributed by atoms with Crippen LogP contribution in [0, 0.1) is 22.7 Å². The van der Waals surface area contributed by atoms with Crippen LogP contribution in [0.2, 0.25) is 0 Å². The molecule has 4 aliphatic rings. The Labute approximate surface area is 134 Å². The second kappa shape index (κ2) is 4.72. The average Bonchev–Trinajstić information content (AvgIpc) is 2.34. The zero-order valence-electron chi connectivity index (χ0n) is 14.9. The summed E-state index contributed by atoms with van der Waals surface area (Å²) in [6.07, 6.45) is 6.55. The van der Waals surface area contributed by atoms with Gasteiger partial charge in [-0.3, -0.25) is 4.79 Å². The van der Waals surface area contributed by atoms with Gasteiger partial charge in [0.15, 0.2) is 0 Å². The monoisotopic (exact) mass is 308 g/mol. The van der Waals surface area contributed by atoms with Crippen LogP contribution in [-0.4, -0.2) is 22.3 Å². The van der Waals surface area contributed by atoms with E-state index in [0.717, 1.165) is 32.1 Å². The molecular weight excluding hydrogens is 276 g/mol. The molecule has 0 aromatic carbocycles. The van der Waals surface area contributed by atoms with Crippen molar-refractivity contribution < 1.29 is 14.6 Å². The highest BCUT2D eigenvalue weighted by Gasteiger charge is 2.60. The molecule has 4 rings (SSSR count). The maximum atomic E-state index is 13.0. The maximum absolute atomic E-state index is 13.0. The van der Waals surface area contributed by atoms with Crippen molar-refractivity contribution in [2.24, 2.45) is 22.7 Å². The van der Waals surface area contributed by atoms with E-state index in [2.05, 4.69) is 20.8 Å². The van der Waals surface area contributed by atoms with Gasteiger partial charge in [0.05, 0.1) is 11.0 Å². The second-order valence-electron chi connectivity index (χ2n) is 9.62. The minimum atomic E-state index is -0.575. The van der Waals surface area contributed by atoms with Crippen molar-refractivity contribution in [1.29, 1.82) is 0 Å². The minimum Gasteiger partial charge on any atom is -0.459 e. The number of ether oxygens (including phenoxy) is 1. The number of carbonyl (C=O) groups excluding carboxylic acids is 1. The summed E-state index contributed by atoms with van der Waals surface area (Å²) in [4.78, 5) is 13.0. The van der Waals surface area contributed by atoms with Gasteiger partial charge in [-0.1, -0.05) is 20.8 Å². The Morgan fingerprint density at radius 2 is 1.68 bits per heavy atom. The van der Waals surface area contributed by atoms with E-state index in [1.54, 1.807) is 0 Å². The highest BCUT2D eigenvalue weighted by Crippen LogP contribution is 2.59. The fourth-order valence-corrected chi connectivity index (χ4v) is 5.29. The highest BCUT2D eigenvalue weighted by molar-refractivity contribution is 5.77. The van der Waals surface area contributed by atoms with Crippen LogP contribution in [0.25, 0.3) is 0 Å². The molecule has 0 aliphatic heterocycles. The molecule has 0 aromatic heterocycles. The first kappa shape index (κ1) is 16.3. The predicted octanol–water partition coefficient (Wildman–Crippen LogP) is 4.08. The molecule has 1 N–H and O–H groups in total. The standard InChI is InChI=1S/C19H32O3/c1-6-16(2,3)17(4,5)15(20)22-19-10-13-7-14(11-19)9-18(21,8-13)12-19/h13-14,21H,6-12H2,1-5H3. The Hall–Kier alpha value is -0.570. The molecule has 126 valence electrons. The molecule has 3 heteroatoms. The van der Waals surface area contributed by atoms with Crippen LogP contribution in [0.5, 0.6) is 0 Å². The van der Waals surface area contributed by atoms with Gasteiger partial charge in [-0.2, -0.15) is 0 Å². The molecule has 3 nitrogen and oxygen atoms in total. The molecule has 0 radical (unpaired) electrons. The number of hydrogen-bond donors (Lipinski definition) is 1. The van der Waals surface area contributed by atoms with Crippen LogP contribution in [0.15, 0.2) is 0 Å². The van der Waals surface area contributed by atoms with Gasteiger partial charge in [0.1, 0.15) is 5.60 Å².